The van der Waals surface area contributed by atoms with Gasteiger partial charge in [-0.1, -0.05) is 12.1 Å². The lowest BCUT2D eigenvalue weighted by atomic mass is 10.3. The third kappa shape index (κ3) is 4.49. The molecule has 0 aliphatic carbocycles. The fourth-order valence-corrected chi connectivity index (χ4v) is 3.44. The molecule has 0 unspecified atom stereocenters. The van der Waals surface area contributed by atoms with Crippen molar-refractivity contribution in [3.05, 3.63) is 57.9 Å². The topological polar surface area (TPSA) is 65.4 Å². The van der Waals surface area contributed by atoms with Crippen molar-refractivity contribution in [3.63, 3.8) is 0 Å². The van der Waals surface area contributed by atoms with E-state index in [4.69, 9.17) is 9.47 Å². The second kappa shape index (κ2) is 8.26. The van der Waals surface area contributed by atoms with Gasteiger partial charge >= 0.3 is 0 Å². The average molecular weight is 385 g/mol. The Bertz CT molecular complexity index is 930. The number of hydrogen-bond acceptors (Lipinski definition) is 5. The summed E-state index contributed by atoms with van der Waals surface area (Å²) in [7, 11) is 1.61. The molecule has 7 heteroatoms. The zero-order valence-corrected chi connectivity index (χ0v) is 16.7. The fourth-order valence-electron chi connectivity index (χ4n) is 2.65. The van der Waals surface area contributed by atoms with Crippen LogP contribution in [0.1, 0.15) is 40.8 Å². The molecule has 0 saturated carbocycles. The number of carbonyl (C=O) groups is 1. The van der Waals surface area contributed by atoms with Crippen LogP contribution in [-0.2, 0) is 6.61 Å². The molecular formula is C20H23N3O3S. The van der Waals surface area contributed by atoms with Crippen molar-refractivity contribution < 1.29 is 14.3 Å². The van der Waals surface area contributed by atoms with E-state index >= 15 is 0 Å². The number of ether oxygens (including phenoxy) is 2. The Morgan fingerprint density at radius 3 is 2.70 bits per heavy atom. The van der Waals surface area contributed by atoms with E-state index in [-0.39, 0.29) is 11.9 Å². The average Bonchev–Trinajstić information content (AvgIpc) is 3.27. The van der Waals surface area contributed by atoms with Crippen LogP contribution in [0, 0.1) is 6.92 Å². The lowest BCUT2D eigenvalue weighted by Crippen LogP contribution is -2.15. The Morgan fingerprint density at radius 1 is 1.26 bits per heavy atom. The second-order valence-electron chi connectivity index (χ2n) is 6.42. The Morgan fingerprint density at radius 2 is 2.00 bits per heavy atom. The van der Waals surface area contributed by atoms with E-state index in [0.717, 1.165) is 11.3 Å². The van der Waals surface area contributed by atoms with Crippen molar-refractivity contribution in [2.24, 2.45) is 0 Å². The molecule has 0 bridgehead atoms. The summed E-state index contributed by atoms with van der Waals surface area (Å²) in [4.78, 5) is 13.2. The normalized spacial score (nSPS) is 10.9. The minimum atomic E-state index is -0.148. The van der Waals surface area contributed by atoms with Crippen molar-refractivity contribution in [2.75, 3.05) is 12.4 Å². The van der Waals surface area contributed by atoms with Gasteiger partial charge in [0.2, 0.25) is 0 Å². The summed E-state index contributed by atoms with van der Waals surface area (Å²) >= 11 is 1.39. The van der Waals surface area contributed by atoms with E-state index in [1.54, 1.807) is 7.11 Å². The van der Waals surface area contributed by atoms with E-state index in [1.165, 1.54) is 11.3 Å². The second-order valence-corrected chi connectivity index (χ2v) is 7.33. The number of nitrogens with zero attached hydrogens (tertiary/aromatic N) is 2. The molecule has 1 N–H and O–H groups in total. The number of aryl methyl sites for hydroxylation is 1. The highest BCUT2D eigenvalue weighted by Crippen LogP contribution is 2.27. The number of anilines is 1. The van der Waals surface area contributed by atoms with Crippen LogP contribution in [0.5, 0.6) is 11.5 Å². The van der Waals surface area contributed by atoms with Crippen LogP contribution in [-0.4, -0.2) is 22.8 Å². The Labute approximate surface area is 162 Å². The molecule has 0 saturated heterocycles. The molecular weight excluding hydrogens is 362 g/mol. The molecule has 0 aliphatic rings. The molecule has 27 heavy (non-hydrogen) atoms. The first-order valence-corrected chi connectivity index (χ1v) is 9.56. The van der Waals surface area contributed by atoms with Crippen molar-refractivity contribution in [1.82, 2.24) is 9.78 Å². The molecule has 0 aliphatic heterocycles. The highest BCUT2D eigenvalue weighted by molar-refractivity contribution is 7.12. The van der Waals surface area contributed by atoms with Crippen LogP contribution in [0.4, 0.5) is 5.82 Å². The minimum Gasteiger partial charge on any atom is -0.493 e. The first-order chi connectivity index (χ1) is 13.0. The number of methoxy groups -OCH3 is 1. The number of hydrogen-bond donors (Lipinski definition) is 1. The molecule has 3 rings (SSSR count). The van der Waals surface area contributed by atoms with Gasteiger partial charge in [0.15, 0.2) is 11.5 Å². The van der Waals surface area contributed by atoms with Crippen molar-refractivity contribution >= 4 is 23.1 Å². The third-order valence-electron chi connectivity index (χ3n) is 3.93. The number of para-hydroxylation sites is 2. The standard InChI is InChI=1S/C20H23N3O3S/c1-13(2)23-19(9-14(3)22-23)21-20(24)18-10-15(12-27-18)11-26-17-8-6-5-7-16(17)25-4/h5-10,12-13H,11H2,1-4H3,(H,21,24). The Hall–Kier alpha value is -2.80. The number of amides is 1. The number of benzene rings is 1. The first-order valence-electron chi connectivity index (χ1n) is 8.68. The first kappa shape index (κ1) is 19.0. The van der Waals surface area contributed by atoms with Crippen molar-refractivity contribution in [1.29, 1.82) is 0 Å². The predicted molar refractivity (Wildman–Crippen MR) is 107 cm³/mol. The molecule has 3 aromatic rings. The number of carbonyl (C=O) groups excluding carboxylic acids is 1. The van der Waals surface area contributed by atoms with Crippen LogP contribution in [0.2, 0.25) is 0 Å². The lowest BCUT2D eigenvalue weighted by molar-refractivity contribution is 0.102. The van der Waals surface area contributed by atoms with Gasteiger partial charge in [-0.25, -0.2) is 4.68 Å². The van der Waals surface area contributed by atoms with Crippen LogP contribution < -0.4 is 14.8 Å². The Kier molecular flexibility index (Phi) is 5.81. The fraction of sp³-hybridized carbons (Fsp3) is 0.300. The molecule has 2 heterocycles. The summed E-state index contributed by atoms with van der Waals surface area (Å²) in [5.74, 6) is 1.91. The summed E-state index contributed by atoms with van der Waals surface area (Å²) in [5.41, 5.74) is 1.81. The zero-order chi connectivity index (χ0) is 19.4. The van der Waals surface area contributed by atoms with Gasteiger partial charge < -0.3 is 14.8 Å². The van der Waals surface area contributed by atoms with Gasteiger partial charge in [0, 0.05) is 17.7 Å². The predicted octanol–water partition coefficient (Wildman–Crippen LogP) is 4.67. The molecule has 1 amide bonds. The highest BCUT2D eigenvalue weighted by Gasteiger charge is 2.15. The van der Waals surface area contributed by atoms with Gasteiger partial charge in [-0.3, -0.25) is 4.79 Å². The largest absolute Gasteiger partial charge is 0.493 e. The molecule has 1 aromatic carbocycles. The van der Waals surface area contributed by atoms with Crippen molar-refractivity contribution in [3.8, 4) is 11.5 Å². The maximum absolute atomic E-state index is 12.6. The van der Waals surface area contributed by atoms with Gasteiger partial charge in [-0.2, -0.15) is 5.10 Å². The number of rotatable bonds is 7. The SMILES string of the molecule is COc1ccccc1OCc1csc(C(=O)Nc2cc(C)nn2C(C)C)c1. The molecule has 142 valence electrons. The molecule has 2 aromatic heterocycles. The molecule has 0 spiro atoms. The maximum Gasteiger partial charge on any atom is 0.266 e. The van der Waals surface area contributed by atoms with Crippen molar-refractivity contribution in [2.45, 2.75) is 33.4 Å². The molecule has 0 fully saturated rings. The van der Waals surface area contributed by atoms with E-state index in [9.17, 15) is 4.79 Å². The van der Waals surface area contributed by atoms with Crippen LogP contribution in [0.25, 0.3) is 0 Å². The van der Waals surface area contributed by atoms with E-state index in [0.29, 0.717) is 28.8 Å². The summed E-state index contributed by atoms with van der Waals surface area (Å²) in [6.07, 6.45) is 0. The summed E-state index contributed by atoms with van der Waals surface area (Å²) in [5, 5.41) is 9.29. The number of aromatic nitrogens is 2. The summed E-state index contributed by atoms with van der Waals surface area (Å²) in [6, 6.07) is 11.4. The number of nitrogens with one attached hydrogen (secondary N) is 1. The van der Waals surface area contributed by atoms with Gasteiger partial charge in [0.25, 0.3) is 5.91 Å². The zero-order valence-electron chi connectivity index (χ0n) is 15.9. The number of thiophene rings is 1. The van der Waals surface area contributed by atoms with Gasteiger partial charge in [-0.15, -0.1) is 11.3 Å². The highest BCUT2D eigenvalue weighted by atomic mass is 32.1. The van der Waals surface area contributed by atoms with Gasteiger partial charge in [0.1, 0.15) is 12.4 Å². The molecule has 0 radical (unpaired) electrons. The van der Waals surface area contributed by atoms with E-state index < -0.39 is 0 Å². The maximum atomic E-state index is 12.6. The molecule has 6 nitrogen and oxygen atoms in total. The third-order valence-corrected chi connectivity index (χ3v) is 4.91. The Balaban J connectivity index is 1.66. The minimum absolute atomic E-state index is 0.148. The van der Waals surface area contributed by atoms with Gasteiger partial charge in [0.05, 0.1) is 17.7 Å². The lowest BCUT2D eigenvalue weighted by Gasteiger charge is -2.11. The smallest absolute Gasteiger partial charge is 0.266 e. The monoisotopic (exact) mass is 385 g/mol. The van der Waals surface area contributed by atoms with Gasteiger partial charge in [-0.05, 0) is 44.4 Å². The van der Waals surface area contributed by atoms with E-state index in [1.807, 2.05) is 67.2 Å². The summed E-state index contributed by atoms with van der Waals surface area (Å²) < 4.78 is 12.9. The van der Waals surface area contributed by atoms with Crippen LogP contribution in [0.3, 0.4) is 0 Å². The summed E-state index contributed by atoms with van der Waals surface area (Å²) in [6.45, 7) is 6.33. The molecule has 0 atom stereocenters. The van der Waals surface area contributed by atoms with Crippen LogP contribution in [0.15, 0.2) is 41.8 Å². The van der Waals surface area contributed by atoms with Crippen LogP contribution >= 0.6 is 11.3 Å². The van der Waals surface area contributed by atoms with E-state index in [2.05, 4.69) is 10.4 Å². The quantitative estimate of drug-likeness (QED) is 0.642.